The van der Waals surface area contributed by atoms with Gasteiger partial charge in [-0.15, -0.1) is 0 Å². The number of hydrogen-bond acceptors (Lipinski definition) is 7. The van der Waals surface area contributed by atoms with Gasteiger partial charge in [-0.2, -0.15) is 5.10 Å². The number of alkyl halides is 1. The van der Waals surface area contributed by atoms with Crippen molar-refractivity contribution in [1.29, 1.82) is 0 Å². The third kappa shape index (κ3) is 5.62. The van der Waals surface area contributed by atoms with Crippen LogP contribution in [0.25, 0.3) is 16.6 Å². The quantitative estimate of drug-likeness (QED) is 0.345. The third-order valence-electron chi connectivity index (χ3n) is 6.61. The van der Waals surface area contributed by atoms with Gasteiger partial charge < -0.3 is 16.0 Å². The summed E-state index contributed by atoms with van der Waals surface area (Å²) in [4.78, 5) is 36.6. The summed E-state index contributed by atoms with van der Waals surface area (Å²) in [5.74, 6) is -0.0596. The molecule has 3 aromatic heterocycles. The maximum atomic E-state index is 14.0. The van der Waals surface area contributed by atoms with Crippen molar-refractivity contribution < 1.29 is 18.4 Å². The normalized spacial score (nSPS) is 14.0. The maximum absolute atomic E-state index is 14.0. The molecule has 5 rings (SSSR count). The molecule has 4 N–H and O–H groups in total. The number of piperazine rings is 1. The van der Waals surface area contributed by atoms with Gasteiger partial charge >= 0.3 is 6.03 Å². The molecule has 4 heterocycles. The van der Waals surface area contributed by atoms with E-state index in [1.54, 1.807) is 29.8 Å². The highest BCUT2D eigenvalue weighted by Crippen LogP contribution is 2.31. The van der Waals surface area contributed by atoms with Gasteiger partial charge in [0.1, 0.15) is 30.2 Å². The van der Waals surface area contributed by atoms with Crippen LogP contribution in [-0.4, -0.2) is 67.5 Å². The second kappa shape index (κ2) is 11.0. The Morgan fingerprint density at radius 3 is 2.54 bits per heavy atom. The van der Waals surface area contributed by atoms with E-state index in [1.807, 2.05) is 11.0 Å². The summed E-state index contributed by atoms with van der Waals surface area (Å²) < 4.78 is 28.6. The van der Waals surface area contributed by atoms with Gasteiger partial charge in [0.25, 0.3) is 0 Å². The van der Waals surface area contributed by atoms with Gasteiger partial charge in [-0.1, -0.05) is 6.07 Å². The van der Waals surface area contributed by atoms with Gasteiger partial charge in [-0.05, 0) is 35.9 Å². The predicted molar refractivity (Wildman–Crippen MR) is 142 cm³/mol. The summed E-state index contributed by atoms with van der Waals surface area (Å²) in [6.07, 6.45) is 2.98. The number of aromatic nitrogens is 4. The van der Waals surface area contributed by atoms with Crippen LogP contribution in [0.2, 0.25) is 0 Å². The summed E-state index contributed by atoms with van der Waals surface area (Å²) in [6.45, 7) is 4.24. The molecule has 0 radical (unpaired) electrons. The van der Waals surface area contributed by atoms with E-state index in [0.29, 0.717) is 31.0 Å². The lowest BCUT2D eigenvalue weighted by atomic mass is 10.1. The van der Waals surface area contributed by atoms with E-state index < -0.39 is 18.5 Å². The van der Waals surface area contributed by atoms with E-state index in [2.05, 4.69) is 30.6 Å². The van der Waals surface area contributed by atoms with Gasteiger partial charge in [0.05, 0.1) is 11.4 Å². The van der Waals surface area contributed by atoms with E-state index in [-0.39, 0.29) is 23.0 Å². The smallest absolute Gasteiger partial charge is 0.324 e. The fourth-order valence-electron chi connectivity index (χ4n) is 4.56. The number of urea groups is 1. The van der Waals surface area contributed by atoms with Crippen LogP contribution < -0.4 is 16.4 Å². The maximum Gasteiger partial charge on any atom is 0.324 e. The summed E-state index contributed by atoms with van der Waals surface area (Å²) in [5.41, 5.74) is 9.39. The Balaban J connectivity index is 1.33. The Bertz CT molecular complexity index is 1520. The number of benzene rings is 1. The predicted octanol–water partition coefficient (Wildman–Crippen LogP) is 3.29. The van der Waals surface area contributed by atoms with Gasteiger partial charge in [-0.25, -0.2) is 28.1 Å². The molecule has 0 saturated carbocycles. The van der Waals surface area contributed by atoms with Crippen LogP contribution in [0.3, 0.4) is 0 Å². The fourth-order valence-corrected chi connectivity index (χ4v) is 4.56. The van der Waals surface area contributed by atoms with Crippen molar-refractivity contribution in [2.24, 2.45) is 0 Å². The minimum absolute atomic E-state index is 0.0756. The number of rotatable bonds is 6. The van der Waals surface area contributed by atoms with Crippen LogP contribution in [0, 0.1) is 5.82 Å². The van der Waals surface area contributed by atoms with E-state index in [4.69, 9.17) is 5.73 Å². The number of anilines is 3. The number of carbonyl (C=O) groups excluding carboxylic acids is 2. The second-order valence-corrected chi connectivity index (χ2v) is 9.20. The lowest BCUT2D eigenvalue weighted by Gasteiger charge is -2.33. The molecule has 11 nitrogen and oxygen atoms in total. The average Bonchev–Trinajstić information content (AvgIpc) is 3.30. The van der Waals surface area contributed by atoms with Gasteiger partial charge in [-0.3, -0.25) is 15.0 Å². The molecule has 0 spiro atoms. The zero-order valence-corrected chi connectivity index (χ0v) is 21.2. The first-order chi connectivity index (χ1) is 18.8. The van der Waals surface area contributed by atoms with E-state index in [0.717, 1.165) is 36.0 Å². The number of fused-ring (bicyclic) bond motifs is 1. The number of nitrogens with one attached hydrogen (secondary N) is 2. The summed E-state index contributed by atoms with van der Waals surface area (Å²) in [5, 5.41) is 9.32. The first-order valence-electron chi connectivity index (χ1n) is 12.3. The van der Waals surface area contributed by atoms with Crippen molar-refractivity contribution in [2.45, 2.75) is 20.1 Å². The van der Waals surface area contributed by atoms with Crippen molar-refractivity contribution in [3.63, 3.8) is 0 Å². The molecule has 1 aromatic carbocycles. The number of halogens is 2. The molecule has 202 valence electrons. The molecular weight excluding hydrogens is 508 g/mol. The highest BCUT2D eigenvalue weighted by Gasteiger charge is 2.22. The molecule has 3 amide bonds. The number of carbonyl (C=O) groups is 2. The first-order valence-corrected chi connectivity index (χ1v) is 12.3. The number of nitrogens with zero attached hydrogens (tertiary/aromatic N) is 6. The van der Waals surface area contributed by atoms with Crippen LogP contribution in [0.5, 0.6) is 0 Å². The number of amides is 3. The van der Waals surface area contributed by atoms with Crippen LogP contribution in [0.1, 0.15) is 18.2 Å². The second-order valence-electron chi connectivity index (χ2n) is 9.20. The molecule has 0 atom stereocenters. The molecule has 1 fully saturated rings. The van der Waals surface area contributed by atoms with Crippen molar-refractivity contribution in [2.75, 3.05) is 42.5 Å². The minimum Gasteiger partial charge on any atom is -0.382 e. The minimum atomic E-state index is -0.776. The zero-order chi connectivity index (χ0) is 27.5. The van der Waals surface area contributed by atoms with Crippen molar-refractivity contribution in [1.82, 2.24) is 29.4 Å². The average molecular weight is 536 g/mol. The van der Waals surface area contributed by atoms with Crippen molar-refractivity contribution in [3.05, 3.63) is 66.0 Å². The van der Waals surface area contributed by atoms with Crippen LogP contribution in [0.4, 0.5) is 30.9 Å². The molecular formula is C26H27F2N9O2. The molecule has 13 heteroatoms. The SMILES string of the molecule is CC(=O)N1CCN(Cc2cc(-c3ccc(NC(=O)Nc4cc(CF)ccc4F)nc3)c3c(N)ncnn23)CC1. The molecule has 39 heavy (non-hydrogen) atoms. The topological polar surface area (TPSA) is 134 Å². The van der Waals surface area contributed by atoms with Crippen LogP contribution >= 0.6 is 0 Å². The largest absolute Gasteiger partial charge is 0.382 e. The third-order valence-corrected chi connectivity index (χ3v) is 6.61. The Labute approximate surface area is 222 Å². The van der Waals surface area contributed by atoms with E-state index in [9.17, 15) is 18.4 Å². The van der Waals surface area contributed by atoms with Crippen molar-refractivity contribution >= 4 is 34.8 Å². The van der Waals surface area contributed by atoms with Gasteiger partial charge in [0.2, 0.25) is 5.91 Å². The molecule has 0 unspecified atom stereocenters. The Kier molecular flexibility index (Phi) is 7.32. The lowest BCUT2D eigenvalue weighted by molar-refractivity contribution is -0.130. The number of hydrogen-bond donors (Lipinski definition) is 3. The van der Waals surface area contributed by atoms with Crippen molar-refractivity contribution in [3.8, 4) is 11.1 Å². The number of pyridine rings is 1. The highest BCUT2D eigenvalue weighted by molar-refractivity contribution is 5.99. The fraction of sp³-hybridized carbons (Fsp3) is 0.269. The molecule has 0 aliphatic carbocycles. The number of nitrogens with two attached hydrogens (primary N) is 1. The highest BCUT2D eigenvalue weighted by atomic mass is 19.1. The summed E-state index contributed by atoms with van der Waals surface area (Å²) in [7, 11) is 0. The Morgan fingerprint density at radius 1 is 1.05 bits per heavy atom. The van der Waals surface area contributed by atoms with Crippen LogP contribution in [-0.2, 0) is 18.0 Å². The van der Waals surface area contributed by atoms with Gasteiger partial charge in [0, 0.05) is 57.0 Å². The Morgan fingerprint density at radius 2 is 1.85 bits per heavy atom. The van der Waals surface area contributed by atoms with Crippen LogP contribution in [0.15, 0.2) is 48.9 Å². The molecule has 4 aromatic rings. The number of nitrogen functional groups attached to an aromatic ring is 1. The monoisotopic (exact) mass is 535 g/mol. The molecule has 1 aliphatic rings. The van der Waals surface area contributed by atoms with E-state index >= 15 is 0 Å². The van der Waals surface area contributed by atoms with Gasteiger partial charge in [0.15, 0.2) is 5.82 Å². The summed E-state index contributed by atoms with van der Waals surface area (Å²) in [6, 6.07) is 8.27. The first kappa shape index (κ1) is 26.0. The standard InChI is InChI=1S/C26H27F2N9O2/c1-16(38)36-8-6-35(7-9-36)14-19-11-20(24-25(29)31-15-32-37(19)24)18-3-5-23(30-13-18)34-26(39)33-22-10-17(12-27)2-4-21(22)28/h2-5,10-11,13,15H,6-9,12,14H2,1H3,(H2,29,31,32)(H2,30,33,34,39). The molecule has 1 saturated heterocycles. The Hall–Kier alpha value is -4.65. The van der Waals surface area contributed by atoms with E-state index in [1.165, 1.54) is 18.5 Å². The lowest BCUT2D eigenvalue weighted by Crippen LogP contribution is -2.47. The molecule has 0 bridgehead atoms. The molecule has 1 aliphatic heterocycles. The zero-order valence-electron chi connectivity index (χ0n) is 21.2. The summed E-state index contributed by atoms with van der Waals surface area (Å²) >= 11 is 0.